The molecule has 0 bridgehead atoms. The fraction of sp³-hybridized carbons (Fsp3) is 1.00. The fourth-order valence-electron chi connectivity index (χ4n) is 0.0673. The van der Waals surface area contributed by atoms with Gasteiger partial charge in [-0.3, -0.25) is 0 Å². The van der Waals surface area contributed by atoms with Crippen LogP contribution in [0.4, 0.5) is 0 Å². The number of alkyl halides is 5. The van der Waals surface area contributed by atoms with Gasteiger partial charge in [-0.2, -0.15) is 0 Å². The van der Waals surface area contributed by atoms with Gasteiger partial charge in [0.2, 0.25) is 0 Å². The van der Waals surface area contributed by atoms with Gasteiger partial charge >= 0.3 is 0 Å². The van der Waals surface area contributed by atoms with Gasteiger partial charge in [0.15, 0.2) is 0 Å². The van der Waals surface area contributed by atoms with Gasteiger partial charge in [0, 0.05) is 11.8 Å². The summed E-state index contributed by atoms with van der Waals surface area (Å²) in [6, 6.07) is 0. The molecule has 0 N–H and O–H groups in total. The molecule has 0 aromatic rings. The summed E-state index contributed by atoms with van der Waals surface area (Å²) in [5.41, 5.74) is 0. The summed E-state index contributed by atoms with van der Waals surface area (Å²) in [6.45, 7) is 2.05. The van der Waals surface area contributed by atoms with Crippen LogP contribution < -0.4 is 0 Å². The zero-order valence-electron chi connectivity index (χ0n) is 6.17. The Kier molecular flexibility index (Phi) is 15.6. The lowest BCUT2D eigenvalue weighted by Gasteiger charge is -2.02. The highest BCUT2D eigenvalue weighted by molar-refractivity contribution is 6.49. The maximum absolute atomic E-state index is 5.40. The van der Waals surface area contributed by atoms with Crippen molar-refractivity contribution in [3.05, 3.63) is 0 Å². The summed E-state index contributed by atoms with van der Waals surface area (Å²) in [7, 11) is 0. The van der Waals surface area contributed by atoms with Crippen molar-refractivity contribution in [2.45, 2.75) is 23.6 Å². The molecule has 11 heavy (non-hydrogen) atoms. The Hall–Kier alpha value is 1.45. The molecular weight excluding hydrogens is 249 g/mol. The van der Waals surface area contributed by atoms with Crippen LogP contribution in [0, 0.1) is 0 Å². The third-order valence-corrected chi connectivity index (χ3v) is 2.75. The van der Waals surface area contributed by atoms with Gasteiger partial charge in [-0.15, -0.1) is 58.0 Å². The van der Waals surface area contributed by atoms with Gasteiger partial charge in [-0.25, -0.2) is 0 Å². The van der Waals surface area contributed by atoms with Crippen LogP contribution in [0.5, 0.6) is 0 Å². The molecule has 0 radical (unpaired) electrons. The van der Waals surface area contributed by atoms with Crippen LogP contribution in [-0.4, -0.2) is 22.0 Å². The molecule has 0 saturated heterocycles. The Balaban J connectivity index is 0. The molecule has 1 unspecified atom stereocenters. The first-order chi connectivity index (χ1) is 5.09. The van der Waals surface area contributed by atoms with Crippen LogP contribution in [0.2, 0.25) is 0 Å². The van der Waals surface area contributed by atoms with Crippen molar-refractivity contribution >= 4 is 58.0 Å². The van der Waals surface area contributed by atoms with E-state index in [1.165, 1.54) is 0 Å². The van der Waals surface area contributed by atoms with E-state index < -0.39 is 4.84 Å². The molecule has 1 atom stereocenters. The quantitative estimate of drug-likeness (QED) is 0.665. The molecule has 0 aliphatic carbocycles. The van der Waals surface area contributed by atoms with E-state index in [1.54, 1.807) is 0 Å². The zero-order chi connectivity index (χ0) is 9.28. The highest BCUT2D eigenvalue weighted by atomic mass is 35.5. The second-order valence-electron chi connectivity index (χ2n) is 1.69. The van der Waals surface area contributed by atoms with Gasteiger partial charge < -0.3 is 0 Å². The van der Waals surface area contributed by atoms with Crippen LogP contribution in [0.25, 0.3) is 0 Å². The van der Waals surface area contributed by atoms with Crippen molar-refractivity contribution in [2.75, 3.05) is 11.8 Å². The molecule has 70 valence electrons. The lowest BCUT2D eigenvalue weighted by molar-refractivity contribution is 1.06. The number of hydrogen-bond acceptors (Lipinski definition) is 0. The van der Waals surface area contributed by atoms with E-state index in [9.17, 15) is 0 Å². The molecule has 0 aromatic heterocycles. The average molecular weight is 260 g/mol. The Morgan fingerprint density at radius 3 is 1.45 bits per heavy atom. The molecule has 0 nitrogen and oxygen atoms in total. The first kappa shape index (κ1) is 14.9. The summed E-state index contributed by atoms with van der Waals surface area (Å²) in [5, 5.41) is -0.329. The van der Waals surface area contributed by atoms with E-state index in [0.717, 1.165) is 12.3 Å². The van der Waals surface area contributed by atoms with E-state index in [4.69, 9.17) is 58.0 Å². The van der Waals surface area contributed by atoms with Gasteiger partial charge in [-0.1, -0.05) is 6.92 Å². The Labute approximate surface area is 93.1 Å². The number of halogens is 5. The van der Waals surface area contributed by atoms with E-state index >= 15 is 0 Å². The highest BCUT2D eigenvalue weighted by Crippen LogP contribution is 2.14. The summed E-state index contributed by atoms with van der Waals surface area (Å²) in [6.07, 6.45) is 1.08. The molecule has 0 saturated carbocycles. The van der Waals surface area contributed by atoms with Crippen molar-refractivity contribution in [1.82, 2.24) is 0 Å². The van der Waals surface area contributed by atoms with Gasteiger partial charge in [0.25, 0.3) is 0 Å². The molecule has 0 rings (SSSR count). The van der Waals surface area contributed by atoms with Crippen molar-refractivity contribution in [3.8, 4) is 0 Å². The van der Waals surface area contributed by atoms with Gasteiger partial charge in [0.05, 0.1) is 5.38 Å². The maximum Gasteiger partial charge on any atom is 0.125 e. The van der Waals surface area contributed by atoms with Crippen molar-refractivity contribution in [2.24, 2.45) is 0 Å². The van der Waals surface area contributed by atoms with Crippen molar-refractivity contribution in [3.63, 3.8) is 0 Å². The SMILES string of the molecule is CCCCl.ClCC(Cl)C(Cl)Cl. The number of hydrogen-bond donors (Lipinski definition) is 0. The van der Waals surface area contributed by atoms with Crippen molar-refractivity contribution < 1.29 is 0 Å². The fourth-order valence-corrected chi connectivity index (χ4v) is 0.606. The third kappa shape index (κ3) is 14.3. The van der Waals surface area contributed by atoms with Crippen molar-refractivity contribution in [1.29, 1.82) is 0 Å². The Bertz CT molecular complexity index is 64.0. The van der Waals surface area contributed by atoms with Crippen LogP contribution in [0.1, 0.15) is 13.3 Å². The predicted octanol–water partition coefficient (Wildman–Crippen LogP) is 4.27. The normalized spacial score (nSPS) is 12.3. The topological polar surface area (TPSA) is 0 Å². The Morgan fingerprint density at radius 2 is 1.45 bits per heavy atom. The monoisotopic (exact) mass is 258 g/mol. The van der Waals surface area contributed by atoms with Gasteiger partial charge in [-0.05, 0) is 6.42 Å². The van der Waals surface area contributed by atoms with Gasteiger partial charge in [0.1, 0.15) is 4.84 Å². The lowest BCUT2D eigenvalue weighted by atomic mass is 10.5. The smallest absolute Gasteiger partial charge is 0.125 e. The first-order valence-electron chi connectivity index (χ1n) is 3.14. The van der Waals surface area contributed by atoms with E-state index in [0.29, 0.717) is 5.88 Å². The van der Waals surface area contributed by atoms with Crippen LogP contribution >= 0.6 is 58.0 Å². The molecule has 0 spiro atoms. The second-order valence-corrected chi connectivity index (χ2v) is 4.10. The minimum Gasteiger partial charge on any atom is -0.127 e. The molecule has 0 aliphatic rings. The summed E-state index contributed by atoms with van der Waals surface area (Å²) >= 11 is 26.4. The molecule has 0 heterocycles. The molecular formula is C6H11Cl5. The first-order valence-corrected chi connectivity index (χ1v) is 5.52. The second kappa shape index (κ2) is 11.4. The standard InChI is InChI=1S/C3H4Cl4.C3H7Cl/c4-1-2(5)3(6)7;1-2-3-4/h2-3H,1H2;2-3H2,1H3. The summed E-state index contributed by atoms with van der Waals surface area (Å²) in [5.74, 6) is 1.08. The minimum atomic E-state index is -0.556. The highest BCUT2D eigenvalue weighted by Gasteiger charge is 2.10. The largest absolute Gasteiger partial charge is 0.127 e. The molecule has 0 fully saturated rings. The maximum atomic E-state index is 5.40. The molecule has 0 aliphatic heterocycles. The summed E-state index contributed by atoms with van der Waals surface area (Å²) < 4.78 is 0. The minimum absolute atomic E-state index is 0.291. The zero-order valence-corrected chi connectivity index (χ0v) is 9.95. The lowest BCUT2D eigenvalue weighted by Crippen LogP contribution is -2.08. The summed E-state index contributed by atoms with van der Waals surface area (Å²) in [4.78, 5) is -0.556. The van der Waals surface area contributed by atoms with Crippen LogP contribution in [0.15, 0.2) is 0 Å². The third-order valence-electron chi connectivity index (χ3n) is 0.610. The molecule has 0 amide bonds. The van der Waals surface area contributed by atoms with E-state index in [-0.39, 0.29) is 5.38 Å². The molecule has 5 heteroatoms. The Morgan fingerprint density at radius 1 is 1.09 bits per heavy atom. The number of rotatable bonds is 3. The van der Waals surface area contributed by atoms with Crippen LogP contribution in [-0.2, 0) is 0 Å². The van der Waals surface area contributed by atoms with Crippen LogP contribution in [0.3, 0.4) is 0 Å². The van der Waals surface area contributed by atoms with E-state index in [2.05, 4.69) is 0 Å². The molecule has 0 aromatic carbocycles. The predicted molar refractivity (Wildman–Crippen MR) is 56.9 cm³/mol. The average Bonchev–Trinajstić information content (AvgIpc) is 2.03. The van der Waals surface area contributed by atoms with E-state index in [1.807, 2.05) is 6.92 Å².